The summed E-state index contributed by atoms with van der Waals surface area (Å²) < 4.78 is 0.573. The number of aliphatic imine (C=N–C) groups is 2. The summed E-state index contributed by atoms with van der Waals surface area (Å²) in [5.41, 5.74) is 11.1. The van der Waals surface area contributed by atoms with Crippen LogP contribution in [0.4, 0.5) is 0 Å². The number of quaternary nitrogens is 1. The first-order valence-electron chi connectivity index (χ1n) is 12.9. The Morgan fingerprint density at radius 1 is 1.17 bits per heavy atom. The van der Waals surface area contributed by atoms with Gasteiger partial charge in [0.1, 0.15) is 6.20 Å². The molecule has 1 aromatic carbocycles. The molecule has 2 saturated heterocycles. The molecular formula is C28H34N7+. The molecule has 1 aromatic heterocycles. The molecule has 0 amide bonds. The number of benzene rings is 1. The van der Waals surface area contributed by atoms with Gasteiger partial charge in [0.2, 0.25) is 5.84 Å². The van der Waals surface area contributed by atoms with Crippen LogP contribution in [0, 0.1) is 0 Å². The van der Waals surface area contributed by atoms with Crippen molar-refractivity contribution in [2.75, 3.05) is 13.1 Å². The molecule has 4 aliphatic rings. The van der Waals surface area contributed by atoms with E-state index in [-0.39, 0.29) is 6.04 Å². The van der Waals surface area contributed by atoms with E-state index in [1.807, 2.05) is 19.3 Å². The number of amidine groups is 2. The van der Waals surface area contributed by atoms with Crippen molar-refractivity contribution in [2.24, 2.45) is 15.7 Å². The Kier molecular flexibility index (Phi) is 5.73. The fourth-order valence-corrected chi connectivity index (χ4v) is 5.77. The van der Waals surface area contributed by atoms with Crippen LogP contribution in [0.1, 0.15) is 56.7 Å². The van der Waals surface area contributed by atoms with Crippen LogP contribution in [0.3, 0.4) is 0 Å². The molecule has 2 fully saturated rings. The molecule has 7 heteroatoms. The van der Waals surface area contributed by atoms with Crippen LogP contribution in [0.2, 0.25) is 0 Å². The van der Waals surface area contributed by atoms with Crippen molar-refractivity contribution in [1.82, 2.24) is 15.3 Å². The number of unbranched alkanes of at least 4 members (excludes halogenated alkanes) is 1. The van der Waals surface area contributed by atoms with Crippen molar-refractivity contribution in [3.05, 3.63) is 72.2 Å². The second-order valence-corrected chi connectivity index (χ2v) is 10.1. The number of hydrogen-bond acceptors (Lipinski definition) is 6. The highest BCUT2D eigenvalue weighted by atomic mass is 15.8. The fraction of sp³-hybridized carbons (Fsp3) is 0.393. The minimum atomic E-state index is 0.0305. The van der Waals surface area contributed by atoms with E-state index in [4.69, 9.17) is 20.7 Å². The number of nitrogens with two attached hydrogens (primary N) is 1. The summed E-state index contributed by atoms with van der Waals surface area (Å²) in [5.74, 6) is 2.21. The number of aromatic nitrogens is 1. The first kappa shape index (κ1) is 22.5. The lowest BCUT2D eigenvalue weighted by atomic mass is 10.0. The van der Waals surface area contributed by atoms with Crippen LogP contribution < -0.4 is 11.1 Å². The summed E-state index contributed by atoms with van der Waals surface area (Å²) in [6.07, 6.45) is 12.7. The molecule has 4 aliphatic heterocycles. The molecular weight excluding hydrogens is 434 g/mol. The molecule has 0 radical (unpaired) electrons. The van der Waals surface area contributed by atoms with Crippen molar-refractivity contribution in [1.29, 1.82) is 0 Å². The smallest absolute Gasteiger partial charge is 0.260 e. The van der Waals surface area contributed by atoms with Gasteiger partial charge < -0.3 is 11.1 Å². The number of fused-ring (bicyclic) bond motifs is 3. The van der Waals surface area contributed by atoms with Crippen molar-refractivity contribution in [3.8, 4) is 11.3 Å². The Bertz CT molecular complexity index is 1220. The zero-order chi connectivity index (χ0) is 24.0. The first-order valence-corrected chi connectivity index (χ1v) is 12.9. The third-order valence-electron chi connectivity index (χ3n) is 7.73. The van der Waals surface area contributed by atoms with Gasteiger partial charge in [-0.25, -0.2) is 0 Å². The van der Waals surface area contributed by atoms with Crippen LogP contribution in [-0.2, 0) is 0 Å². The molecule has 1 unspecified atom stereocenters. The largest absolute Gasteiger partial charge is 0.324 e. The second kappa shape index (κ2) is 8.91. The van der Waals surface area contributed by atoms with E-state index >= 15 is 0 Å². The predicted octanol–water partition coefficient (Wildman–Crippen LogP) is 4.37. The third-order valence-corrected chi connectivity index (χ3v) is 7.73. The Labute approximate surface area is 207 Å². The van der Waals surface area contributed by atoms with Crippen molar-refractivity contribution >= 4 is 17.4 Å². The number of nitrogens with zero attached hydrogens (tertiary/aromatic N) is 5. The molecule has 2 bridgehead atoms. The Morgan fingerprint density at radius 3 is 2.66 bits per heavy atom. The van der Waals surface area contributed by atoms with Crippen molar-refractivity contribution < 1.29 is 4.59 Å². The Balaban J connectivity index is 1.32. The van der Waals surface area contributed by atoms with Gasteiger partial charge >= 0.3 is 0 Å². The molecule has 7 nitrogen and oxygen atoms in total. The number of hydrogen-bond donors (Lipinski definition) is 2. The molecule has 2 aromatic rings. The van der Waals surface area contributed by atoms with E-state index in [1.54, 1.807) is 0 Å². The van der Waals surface area contributed by atoms with E-state index in [9.17, 15) is 0 Å². The SMILES string of the molecule is CCCCC1=NC(c2ccc(-c3ccc(C(C)N)cc3)nc2)=CC2=NC=C[N@@+]21N1C[C@@H]2C[C@H]1CN2. The molecule has 3 N–H and O–H groups in total. The van der Waals surface area contributed by atoms with Gasteiger partial charge in [-0.05, 0) is 37.5 Å². The van der Waals surface area contributed by atoms with E-state index in [0.29, 0.717) is 16.7 Å². The van der Waals surface area contributed by atoms with Crippen LogP contribution >= 0.6 is 0 Å². The lowest BCUT2D eigenvalue weighted by Crippen LogP contribution is -2.67. The van der Waals surface area contributed by atoms with Gasteiger partial charge in [0, 0.05) is 48.4 Å². The van der Waals surface area contributed by atoms with Gasteiger partial charge in [0.15, 0.2) is 0 Å². The van der Waals surface area contributed by atoms with Crippen LogP contribution in [0.15, 0.2) is 71.1 Å². The monoisotopic (exact) mass is 468 g/mol. The maximum Gasteiger partial charge on any atom is 0.260 e. The predicted molar refractivity (Wildman–Crippen MR) is 141 cm³/mol. The molecule has 5 heterocycles. The number of rotatable bonds is 7. The average molecular weight is 469 g/mol. The van der Waals surface area contributed by atoms with Crippen molar-refractivity contribution in [3.63, 3.8) is 0 Å². The zero-order valence-electron chi connectivity index (χ0n) is 20.6. The van der Waals surface area contributed by atoms with Gasteiger partial charge in [0.25, 0.3) is 5.84 Å². The van der Waals surface area contributed by atoms with Gasteiger partial charge in [-0.15, -0.1) is 9.60 Å². The molecule has 0 saturated carbocycles. The molecule has 6 rings (SSSR count). The lowest BCUT2D eigenvalue weighted by molar-refractivity contribution is -0.834. The van der Waals surface area contributed by atoms with Gasteiger partial charge in [-0.3, -0.25) is 4.98 Å². The minimum absolute atomic E-state index is 0.0305. The van der Waals surface area contributed by atoms with Crippen LogP contribution in [-0.4, -0.2) is 51.4 Å². The van der Waals surface area contributed by atoms with E-state index in [1.165, 1.54) is 12.3 Å². The van der Waals surface area contributed by atoms with Crippen LogP contribution in [0.25, 0.3) is 17.0 Å². The molecule has 0 spiro atoms. The Morgan fingerprint density at radius 2 is 2.00 bits per heavy atom. The van der Waals surface area contributed by atoms with E-state index in [0.717, 1.165) is 66.3 Å². The topological polar surface area (TPSA) is 78.9 Å². The van der Waals surface area contributed by atoms with Gasteiger partial charge in [-0.1, -0.05) is 37.6 Å². The third kappa shape index (κ3) is 3.79. The summed E-state index contributed by atoms with van der Waals surface area (Å²) in [6, 6.07) is 13.6. The molecule has 4 atom stereocenters. The maximum atomic E-state index is 5.99. The summed E-state index contributed by atoms with van der Waals surface area (Å²) in [6.45, 7) is 6.31. The van der Waals surface area contributed by atoms with Gasteiger partial charge in [-0.2, -0.15) is 9.98 Å². The number of pyridine rings is 1. The van der Waals surface area contributed by atoms with E-state index in [2.05, 4.69) is 65.9 Å². The Hall–Kier alpha value is -2.97. The zero-order valence-corrected chi connectivity index (χ0v) is 20.6. The molecule has 180 valence electrons. The summed E-state index contributed by atoms with van der Waals surface area (Å²) in [5, 5.41) is 6.23. The van der Waals surface area contributed by atoms with Gasteiger partial charge in [0.05, 0.1) is 30.2 Å². The molecule has 0 aliphatic carbocycles. The van der Waals surface area contributed by atoms with Crippen LogP contribution in [0.5, 0.6) is 0 Å². The quantitative estimate of drug-likeness (QED) is 0.592. The summed E-state index contributed by atoms with van der Waals surface area (Å²) in [4.78, 5) is 14.9. The standard InChI is InChI=1S/C28H34N7/c1-3-4-5-27-33-26(15-28-30-12-13-35(27,28)34-18-23-14-24(34)17-31-23)22-10-11-25(32-16-22)21-8-6-20(7-9-21)19(2)29/h6-13,15-16,19,23-24,31H,3-5,14,17-18,29H2,1-2H3/q+1/t19?,23-,24-,35-/m0/s1. The molecule has 35 heavy (non-hydrogen) atoms. The lowest BCUT2D eigenvalue weighted by Gasteiger charge is -2.43. The highest BCUT2D eigenvalue weighted by Crippen LogP contribution is 2.38. The first-order chi connectivity index (χ1) is 17.1. The maximum absolute atomic E-state index is 5.99. The second-order valence-electron chi connectivity index (χ2n) is 10.1. The normalized spacial score (nSPS) is 28.0. The van der Waals surface area contributed by atoms with Crippen molar-refractivity contribution in [2.45, 2.75) is 57.7 Å². The highest BCUT2D eigenvalue weighted by Gasteiger charge is 2.56. The number of nitrogens with one attached hydrogen (secondary N) is 1. The summed E-state index contributed by atoms with van der Waals surface area (Å²) in [7, 11) is 0. The van der Waals surface area contributed by atoms with E-state index < -0.39 is 0 Å². The summed E-state index contributed by atoms with van der Waals surface area (Å²) >= 11 is 0. The fourth-order valence-electron chi connectivity index (χ4n) is 5.77. The highest BCUT2D eigenvalue weighted by molar-refractivity contribution is 6.07. The number of piperazine rings is 1. The average Bonchev–Trinajstić information content (AvgIpc) is 3.63. The minimum Gasteiger partial charge on any atom is -0.324 e.